The zero-order chi connectivity index (χ0) is 13.7. The van der Waals surface area contributed by atoms with Crippen LogP contribution in [0.3, 0.4) is 0 Å². The highest BCUT2D eigenvalue weighted by Gasteiger charge is 2.30. The Kier molecular flexibility index (Phi) is 2.76. The van der Waals surface area contributed by atoms with Crippen molar-refractivity contribution in [3.63, 3.8) is 0 Å². The molecule has 1 atom stereocenters. The number of carbonyl (C=O) groups excluding carboxylic acids is 1. The number of hydrogen-bond acceptors (Lipinski definition) is 4. The third-order valence-corrected chi connectivity index (χ3v) is 4.60. The third kappa shape index (κ3) is 1.81. The summed E-state index contributed by atoms with van der Waals surface area (Å²) in [4.78, 5) is 16.0. The minimum absolute atomic E-state index is 0.00380. The van der Waals surface area contributed by atoms with Crippen LogP contribution in [-0.4, -0.2) is 10.9 Å². The summed E-state index contributed by atoms with van der Waals surface area (Å²) >= 11 is 7.76. The molecule has 0 radical (unpaired) electrons. The Morgan fingerprint density at radius 3 is 2.89 bits per heavy atom. The van der Waals surface area contributed by atoms with Crippen molar-refractivity contribution < 1.29 is 4.79 Å². The van der Waals surface area contributed by atoms with Crippen molar-refractivity contribution >= 4 is 39.7 Å². The summed E-state index contributed by atoms with van der Waals surface area (Å²) in [5, 5.41) is 5.86. The summed E-state index contributed by atoms with van der Waals surface area (Å²) in [5.74, 6) is -0.162. The van der Waals surface area contributed by atoms with Gasteiger partial charge in [-0.3, -0.25) is 4.79 Å². The smallest absolute Gasteiger partial charge is 0.231 e. The first-order chi connectivity index (χ1) is 8.99. The minimum atomic E-state index is -0.166. The molecular formula is C13H12ClN3OS. The quantitative estimate of drug-likeness (QED) is 0.846. The predicted molar refractivity (Wildman–Crippen MR) is 78.8 cm³/mol. The Morgan fingerprint density at radius 2 is 2.26 bits per heavy atom. The summed E-state index contributed by atoms with van der Waals surface area (Å²) in [6.07, 6.45) is 0. The van der Waals surface area contributed by atoms with Gasteiger partial charge in [-0.15, -0.1) is 11.3 Å². The van der Waals surface area contributed by atoms with Gasteiger partial charge in [-0.1, -0.05) is 11.6 Å². The van der Waals surface area contributed by atoms with E-state index in [1.165, 1.54) is 11.3 Å². The first kappa shape index (κ1) is 12.4. The lowest BCUT2D eigenvalue weighted by atomic mass is 9.96. The lowest BCUT2D eigenvalue weighted by Gasteiger charge is -2.11. The molecule has 1 aromatic heterocycles. The molecule has 3 N–H and O–H groups in total. The number of nitrogens with one attached hydrogen (secondary N) is 1. The number of amides is 1. The van der Waals surface area contributed by atoms with E-state index in [0.29, 0.717) is 10.2 Å². The van der Waals surface area contributed by atoms with Crippen molar-refractivity contribution in [1.29, 1.82) is 0 Å². The Bertz CT molecular complexity index is 695. The van der Waals surface area contributed by atoms with Crippen LogP contribution >= 0.6 is 22.9 Å². The molecule has 2 aromatic rings. The molecular weight excluding hydrogens is 282 g/mol. The number of carbonyl (C=O) groups is 1. The van der Waals surface area contributed by atoms with Crippen molar-refractivity contribution in [2.75, 3.05) is 11.1 Å². The van der Waals surface area contributed by atoms with Crippen LogP contribution in [0, 0.1) is 6.92 Å². The molecule has 2 heterocycles. The van der Waals surface area contributed by atoms with Crippen LogP contribution in [0.25, 0.3) is 11.3 Å². The fraction of sp³-hybridized carbons (Fsp3) is 0.231. The van der Waals surface area contributed by atoms with E-state index in [0.717, 1.165) is 28.1 Å². The van der Waals surface area contributed by atoms with E-state index in [4.69, 9.17) is 17.3 Å². The van der Waals surface area contributed by atoms with Crippen LogP contribution < -0.4 is 11.1 Å². The molecule has 19 heavy (non-hydrogen) atoms. The van der Waals surface area contributed by atoms with Gasteiger partial charge in [0.05, 0.1) is 16.6 Å². The average Bonchev–Trinajstić information content (AvgIpc) is 2.91. The standard InChI is InChI=1S/C13H12ClN3OS/c1-5-7-3-8(9-4-19-13(15)16-9)10(14)6(2)11(7)17-12(5)18/h3-5H,1-2H3,(H2,15,16)(H,17,18). The van der Waals surface area contributed by atoms with Gasteiger partial charge in [0.25, 0.3) is 0 Å². The lowest BCUT2D eigenvalue weighted by molar-refractivity contribution is -0.116. The molecule has 1 aliphatic heterocycles. The second-order valence-corrected chi connectivity index (χ2v) is 5.88. The molecule has 0 fully saturated rings. The van der Waals surface area contributed by atoms with Gasteiger partial charge in [0, 0.05) is 16.6 Å². The SMILES string of the molecule is Cc1c(Cl)c(-c2csc(N)n2)cc2c1NC(=O)C2C. The summed E-state index contributed by atoms with van der Waals surface area (Å²) in [6, 6.07) is 1.93. The number of rotatable bonds is 1. The molecule has 0 aliphatic carbocycles. The maximum absolute atomic E-state index is 11.8. The summed E-state index contributed by atoms with van der Waals surface area (Å²) in [6.45, 7) is 3.78. The van der Waals surface area contributed by atoms with Gasteiger partial charge < -0.3 is 11.1 Å². The summed E-state index contributed by atoms with van der Waals surface area (Å²) in [5.41, 5.74) is 9.91. The van der Waals surface area contributed by atoms with Crippen LogP contribution in [-0.2, 0) is 4.79 Å². The van der Waals surface area contributed by atoms with E-state index >= 15 is 0 Å². The lowest BCUT2D eigenvalue weighted by Crippen LogP contribution is -2.08. The Morgan fingerprint density at radius 1 is 1.53 bits per heavy atom. The number of hydrogen-bond donors (Lipinski definition) is 2. The predicted octanol–water partition coefficient (Wildman–Crippen LogP) is 3.41. The van der Waals surface area contributed by atoms with Gasteiger partial charge in [-0.25, -0.2) is 4.98 Å². The van der Waals surface area contributed by atoms with Crippen molar-refractivity contribution in [2.45, 2.75) is 19.8 Å². The van der Waals surface area contributed by atoms with Crippen LogP contribution in [0.2, 0.25) is 5.02 Å². The first-order valence-corrected chi connectivity index (χ1v) is 7.10. The minimum Gasteiger partial charge on any atom is -0.375 e. The Hall–Kier alpha value is -1.59. The number of aromatic nitrogens is 1. The summed E-state index contributed by atoms with van der Waals surface area (Å²) < 4.78 is 0. The van der Waals surface area contributed by atoms with Crippen LogP contribution in [0.5, 0.6) is 0 Å². The normalized spacial score (nSPS) is 17.4. The molecule has 6 heteroatoms. The zero-order valence-corrected chi connectivity index (χ0v) is 12.0. The Balaban J connectivity index is 2.24. The second kappa shape index (κ2) is 4.21. The largest absolute Gasteiger partial charge is 0.375 e. The molecule has 1 amide bonds. The van der Waals surface area contributed by atoms with Gasteiger partial charge in [-0.05, 0) is 31.0 Å². The van der Waals surface area contributed by atoms with Crippen molar-refractivity contribution in [2.24, 2.45) is 0 Å². The van der Waals surface area contributed by atoms with Gasteiger partial charge in [-0.2, -0.15) is 0 Å². The number of nitrogen functional groups attached to an aromatic ring is 1. The molecule has 1 aliphatic rings. The monoisotopic (exact) mass is 293 g/mol. The highest BCUT2D eigenvalue weighted by molar-refractivity contribution is 7.13. The molecule has 4 nitrogen and oxygen atoms in total. The van der Waals surface area contributed by atoms with Crippen LogP contribution in [0.15, 0.2) is 11.4 Å². The highest BCUT2D eigenvalue weighted by atomic mass is 35.5. The number of nitrogens with two attached hydrogens (primary N) is 1. The number of anilines is 2. The molecule has 98 valence electrons. The van der Waals surface area contributed by atoms with Crippen molar-refractivity contribution in [3.05, 3.63) is 27.6 Å². The van der Waals surface area contributed by atoms with E-state index in [1.807, 2.05) is 25.3 Å². The van der Waals surface area contributed by atoms with Gasteiger partial charge >= 0.3 is 0 Å². The van der Waals surface area contributed by atoms with Crippen molar-refractivity contribution in [3.8, 4) is 11.3 Å². The maximum atomic E-state index is 11.8. The molecule has 0 bridgehead atoms. The van der Waals surface area contributed by atoms with E-state index in [2.05, 4.69) is 10.3 Å². The molecule has 1 aromatic carbocycles. The third-order valence-electron chi connectivity index (χ3n) is 3.44. The average molecular weight is 294 g/mol. The Labute approximate surface area is 119 Å². The van der Waals surface area contributed by atoms with E-state index < -0.39 is 0 Å². The molecule has 1 unspecified atom stereocenters. The molecule has 0 saturated heterocycles. The maximum Gasteiger partial charge on any atom is 0.231 e. The number of fused-ring (bicyclic) bond motifs is 1. The highest BCUT2D eigenvalue weighted by Crippen LogP contribution is 2.43. The summed E-state index contributed by atoms with van der Waals surface area (Å²) in [7, 11) is 0. The number of halogens is 1. The molecule has 0 spiro atoms. The van der Waals surface area contributed by atoms with Crippen molar-refractivity contribution in [1.82, 2.24) is 4.98 Å². The fourth-order valence-corrected chi connectivity index (χ4v) is 3.11. The van der Waals surface area contributed by atoms with Gasteiger partial charge in [0.15, 0.2) is 5.13 Å². The van der Waals surface area contributed by atoms with E-state index in [1.54, 1.807) is 0 Å². The topological polar surface area (TPSA) is 68.0 Å². The second-order valence-electron chi connectivity index (χ2n) is 4.61. The van der Waals surface area contributed by atoms with Gasteiger partial charge in [0.2, 0.25) is 5.91 Å². The number of thiazole rings is 1. The first-order valence-electron chi connectivity index (χ1n) is 5.84. The van der Waals surface area contributed by atoms with Gasteiger partial charge in [0.1, 0.15) is 0 Å². The number of nitrogens with zero attached hydrogens (tertiary/aromatic N) is 1. The fourth-order valence-electron chi connectivity index (χ4n) is 2.30. The van der Waals surface area contributed by atoms with Crippen LogP contribution in [0.4, 0.5) is 10.8 Å². The molecule has 0 saturated carbocycles. The van der Waals surface area contributed by atoms with Crippen LogP contribution in [0.1, 0.15) is 24.0 Å². The zero-order valence-electron chi connectivity index (χ0n) is 10.5. The van der Waals surface area contributed by atoms with E-state index in [-0.39, 0.29) is 11.8 Å². The number of benzene rings is 1. The molecule has 3 rings (SSSR count). The van der Waals surface area contributed by atoms with E-state index in [9.17, 15) is 4.79 Å².